The Labute approximate surface area is 164 Å². The lowest BCUT2D eigenvalue weighted by Gasteiger charge is -2.41. The topological polar surface area (TPSA) is 50.4 Å². The van der Waals surface area contributed by atoms with Crippen molar-refractivity contribution in [3.63, 3.8) is 0 Å². The highest BCUT2D eigenvalue weighted by molar-refractivity contribution is 5.67. The molecule has 4 nitrogen and oxygen atoms in total. The zero-order valence-corrected chi connectivity index (χ0v) is 17.5. The van der Waals surface area contributed by atoms with Crippen molar-refractivity contribution < 1.29 is 9.53 Å². The number of ether oxygens (including phenoxy) is 1. The fourth-order valence-electron chi connectivity index (χ4n) is 7.36. The molecule has 3 fully saturated rings. The fourth-order valence-corrected chi connectivity index (χ4v) is 7.36. The molecule has 0 heterocycles. The van der Waals surface area contributed by atoms with E-state index >= 15 is 0 Å². The van der Waals surface area contributed by atoms with Crippen LogP contribution in [0.3, 0.4) is 0 Å². The average molecular weight is 375 g/mol. The number of hydrogen-bond acceptors (Lipinski definition) is 3. The van der Waals surface area contributed by atoms with Gasteiger partial charge in [-0.3, -0.25) is 0 Å². The molecule has 6 unspecified atom stereocenters. The minimum absolute atomic E-state index is 0.0800. The molecule has 0 saturated heterocycles. The molecule has 1 spiro atoms. The zero-order chi connectivity index (χ0) is 19.1. The van der Waals surface area contributed by atoms with Gasteiger partial charge in [0.05, 0.1) is 0 Å². The summed E-state index contributed by atoms with van der Waals surface area (Å²) in [5.74, 6) is 2.71. The molecule has 4 aliphatic carbocycles. The largest absolute Gasteiger partial charge is 0.446 e. The monoisotopic (exact) mass is 374 g/mol. The Hall–Kier alpha value is -1.03. The van der Waals surface area contributed by atoms with Crippen molar-refractivity contribution in [3.05, 3.63) is 11.6 Å². The lowest BCUT2D eigenvalue weighted by Crippen LogP contribution is -2.36. The van der Waals surface area contributed by atoms with Crippen LogP contribution in [-0.2, 0) is 4.74 Å². The number of unbranched alkanes of at least 4 members (excludes halogenated alkanes) is 3. The van der Waals surface area contributed by atoms with E-state index in [1.807, 2.05) is 7.05 Å². The highest BCUT2D eigenvalue weighted by Crippen LogP contribution is 2.86. The first-order valence-electron chi connectivity index (χ1n) is 11.3. The molecule has 0 aliphatic heterocycles. The molecule has 152 valence electrons. The van der Waals surface area contributed by atoms with Crippen LogP contribution in [0, 0.1) is 28.6 Å². The maximum atomic E-state index is 12.2. The highest BCUT2D eigenvalue weighted by atomic mass is 16.6. The zero-order valence-electron chi connectivity index (χ0n) is 17.5. The summed E-state index contributed by atoms with van der Waals surface area (Å²) >= 11 is 0. The van der Waals surface area contributed by atoms with Gasteiger partial charge in [0.1, 0.15) is 6.10 Å². The Kier molecular flexibility index (Phi) is 5.30. The molecule has 27 heavy (non-hydrogen) atoms. The van der Waals surface area contributed by atoms with Gasteiger partial charge in [0, 0.05) is 18.4 Å². The third-order valence-electron chi connectivity index (χ3n) is 8.47. The molecule has 0 aromatic heterocycles. The summed E-state index contributed by atoms with van der Waals surface area (Å²) in [5, 5.41) is 6.12. The summed E-state index contributed by atoms with van der Waals surface area (Å²) in [6, 6.07) is 0. The van der Waals surface area contributed by atoms with Crippen LogP contribution in [0.1, 0.15) is 71.6 Å². The summed E-state index contributed by atoms with van der Waals surface area (Å²) in [6.45, 7) is 6.80. The van der Waals surface area contributed by atoms with Gasteiger partial charge < -0.3 is 15.4 Å². The van der Waals surface area contributed by atoms with Crippen molar-refractivity contribution in [1.29, 1.82) is 0 Å². The van der Waals surface area contributed by atoms with Crippen LogP contribution in [0.15, 0.2) is 11.6 Å². The number of carbonyl (C=O) groups is 1. The van der Waals surface area contributed by atoms with Gasteiger partial charge in [-0.05, 0) is 75.3 Å². The van der Waals surface area contributed by atoms with Crippen molar-refractivity contribution in [2.24, 2.45) is 28.6 Å². The van der Waals surface area contributed by atoms with Gasteiger partial charge in [-0.1, -0.05) is 38.3 Å². The second-order valence-corrected chi connectivity index (χ2v) is 9.89. The number of allylic oxidation sites excluding steroid dienone is 1. The van der Waals surface area contributed by atoms with E-state index in [0.717, 1.165) is 50.1 Å². The summed E-state index contributed by atoms with van der Waals surface area (Å²) < 4.78 is 5.78. The molecule has 4 rings (SSSR count). The van der Waals surface area contributed by atoms with Crippen molar-refractivity contribution in [2.75, 3.05) is 20.1 Å². The molecule has 4 heteroatoms. The van der Waals surface area contributed by atoms with Crippen molar-refractivity contribution in [2.45, 2.75) is 77.7 Å². The molecule has 1 amide bonds. The lowest BCUT2D eigenvalue weighted by atomic mass is 9.65. The molecule has 0 bridgehead atoms. The molecule has 2 N–H and O–H groups in total. The third kappa shape index (κ3) is 3.12. The number of rotatable bonds is 8. The first kappa shape index (κ1) is 19.3. The van der Waals surface area contributed by atoms with Crippen LogP contribution in [0.5, 0.6) is 0 Å². The molecule has 0 aromatic rings. The molecule has 6 atom stereocenters. The van der Waals surface area contributed by atoms with Gasteiger partial charge in [0.2, 0.25) is 0 Å². The molecule has 0 radical (unpaired) electrons. The summed E-state index contributed by atoms with van der Waals surface area (Å²) in [5.41, 5.74) is 2.65. The maximum Gasteiger partial charge on any atom is 0.407 e. The predicted octanol–water partition coefficient (Wildman–Crippen LogP) is 4.65. The van der Waals surface area contributed by atoms with Crippen LogP contribution in [0.25, 0.3) is 0 Å². The summed E-state index contributed by atoms with van der Waals surface area (Å²) in [6.07, 6.45) is 12.9. The number of hydrogen-bond donors (Lipinski definition) is 2. The maximum absolute atomic E-state index is 12.2. The quantitative estimate of drug-likeness (QED) is 0.480. The average Bonchev–Trinajstić information content (AvgIpc) is 3.04. The van der Waals surface area contributed by atoms with Crippen LogP contribution in [-0.4, -0.2) is 32.3 Å². The molecule has 0 aromatic carbocycles. The Bertz CT molecular complexity index is 603. The Morgan fingerprint density at radius 3 is 2.81 bits per heavy atom. The standard InChI is InChI=1S/C23H38N2O2/c1-16-15-22(2)20-19(16)9-8-17-14-18(10-11-23(17,20)22)27-21(26)25-13-7-5-4-6-12-24-3/h8,16,18-20,24H,4-7,9-15H2,1-3H3,(H,25,26). The normalized spacial score (nSPS) is 41.4. The van der Waals surface area contributed by atoms with E-state index in [9.17, 15) is 4.79 Å². The van der Waals surface area contributed by atoms with Gasteiger partial charge in [0.15, 0.2) is 0 Å². The van der Waals surface area contributed by atoms with Crippen LogP contribution in [0.4, 0.5) is 4.79 Å². The first-order valence-corrected chi connectivity index (χ1v) is 11.3. The minimum atomic E-state index is -0.212. The lowest BCUT2D eigenvalue weighted by molar-refractivity contribution is 0.0651. The van der Waals surface area contributed by atoms with Crippen LogP contribution < -0.4 is 10.6 Å². The number of alkyl carbamates (subject to hydrolysis) is 1. The second-order valence-electron chi connectivity index (χ2n) is 9.89. The van der Waals surface area contributed by atoms with Gasteiger partial charge >= 0.3 is 6.09 Å². The Morgan fingerprint density at radius 2 is 2.04 bits per heavy atom. The molecule has 4 aliphatic rings. The van der Waals surface area contributed by atoms with E-state index in [-0.39, 0.29) is 12.2 Å². The second kappa shape index (κ2) is 7.42. The van der Waals surface area contributed by atoms with Gasteiger partial charge in [0.25, 0.3) is 0 Å². The molecule has 3 saturated carbocycles. The fraction of sp³-hybridized carbons (Fsp3) is 0.870. The summed E-state index contributed by atoms with van der Waals surface area (Å²) in [4.78, 5) is 12.2. The van der Waals surface area contributed by atoms with E-state index in [4.69, 9.17) is 4.74 Å². The third-order valence-corrected chi connectivity index (χ3v) is 8.47. The number of amides is 1. The first-order chi connectivity index (χ1) is 13.0. The van der Waals surface area contributed by atoms with E-state index in [1.54, 1.807) is 5.57 Å². The van der Waals surface area contributed by atoms with Crippen molar-refractivity contribution in [1.82, 2.24) is 10.6 Å². The van der Waals surface area contributed by atoms with Crippen LogP contribution in [0.2, 0.25) is 0 Å². The number of carbonyl (C=O) groups excluding carboxylic acids is 1. The van der Waals surface area contributed by atoms with Gasteiger partial charge in [-0.2, -0.15) is 0 Å². The SMILES string of the molecule is CNCCCCCCNC(=O)OC1CCC23C(=CCC4C(C)CC2(C)C43)C1. The highest BCUT2D eigenvalue weighted by Gasteiger charge is 2.80. The van der Waals surface area contributed by atoms with E-state index in [1.165, 1.54) is 38.5 Å². The van der Waals surface area contributed by atoms with Crippen LogP contribution >= 0.6 is 0 Å². The predicted molar refractivity (Wildman–Crippen MR) is 109 cm³/mol. The molecular weight excluding hydrogens is 336 g/mol. The number of nitrogens with one attached hydrogen (secondary N) is 2. The van der Waals surface area contributed by atoms with Crippen molar-refractivity contribution >= 4 is 6.09 Å². The van der Waals surface area contributed by atoms with E-state index in [0.29, 0.717) is 10.8 Å². The summed E-state index contributed by atoms with van der Waals surface area (Å²) in [7, 11) is 1.99. The Balaban J connectivity index is 1.21. The Morgan fingerprint density at radius 1 is 1.26 bits per heavy atom. The van der Waals surface area contributed by atoms with E-state index < -0.39 is 0 Å². The van der Waals surface area contributed by atoms with Crippen molar-refractivity contribution in [3.8, 4) is 0 Å². The smallest absolute Gasteiger partial charge is 0.407 e. The van der Waals surface area contributed by atoms with Gasteiger partial charge in [-0.25, -0.2) is 4.79 Å². The minimum Gasteiger partial charge on any atom is -0.446 e. The molecular formula is C23H38N2O2. The van der Waals surface area contributed by atoms with E-state index in [2.05, 4.69) is 30.6 Å². The van der Waals surface area contributed by atoms with Gasteiger partial charge in [-0.15, -0.1) is 0 Å².